The van der Waals surface area contributed by atoms with E-state index in [0.29, 0.717) is 12.2 Å². The number of hydrogen-bond donors (Lipinski definition) is 2. The molecular weight excluding hydrogens is 287 g/mol. The van der Waals surface area contributed by atoms with Gasteiger partial charge in [-0.1, -0.05) is 12.1 Å². The van der Waals surface area contributed by atoms with E-state index in [1.54, 1.807) is 0 Å². The van der Waals surface area contributed by atoms with Crippen LogP contribution < -0.4 is 5.32 Å². The van der Waals surface area contributed by atoms with E-state index in [2.05, 4.69) is 20.0 Å². The third-order valence-electron chi connectivity index (χ3n) is 2.62. The van der Waals surface area contributed by atoms with E-state index in [1.807, 2.05) is 24.3 Å². The molecule has 1 aromatic carbocycles. The molecule has 0 aliphatic rings. The van der Waals surface area contributed by atoms with Gasteiger partial charge in [0.05, 0.1) is 11.0 Å². The lowest BCUT2D eigenvalue weighted by Gasteiger charge is -2.07. The fourth-order valence-corrected chi connectivity index (χ4v) is 1.75. The normalized spacial score (nSPS) is 11.8. The zero-order valence-corrected chi connectivity index (χ0v) is 11.0. The molecule has 1 amide bonds. The quantitative estimate of drug-likeness (QED) is 0.855. The number of hydrogen-bond acceptors (Lipinski definition) is 3. The molecule has 1 heterocycles. The molecule has 114 valence electrons. The van der Waals surface area contributed by atoms with Crippen LogP contribution in [0.15, 0.2) is 24.3 Å². The molecule has 1 aromatic heterocycles. The van der Waals surface area contributed by atoms with Crippen LogP contribution in [0.4, 0.5) is 13.2 Å². The fraction of sp³-hybridized carbons (Fsp3) is 0.385. The number of nitrogens with zero attached hydrogens (tertiary/aromatic N) is 1. The smallest absolute Gasteiger partial charge is 0.362 e. The summed E-state index contributed by atoms with van der Waals surface area (Å²) >= 11 is 0. The topological polar surface area (TPSA) is 67.0 Å². The number of carbonyl (C=O) groups is 1. The molecule has 0 bridgehead atoms. The maximum atomic E-state index is 11.8. The second kappa shape index (κ2) is 6.57. The summed E-state index contributed by atoms with van der Waals surface area (Å²) in [6.07, 6.45) is -3.96. The van der Waals surface area contributed by atoms with Gasteiger partial charge in [0, 0.05) is 13.0 Å². The first kappa shape index (κ1) is 15.3. The van der Waals surface area contributed by atoms with E-state index in [0.717, 1.165) is 11.0 Å². The second-order valence-electron chi connectivity index (χ2n) is 4.41. The van der Waals surface area contributed by atoms with Crippen molar-refractivity contribution >= 4 is 16.9 Å². The third-order valence-corrected chi connectivity index (χ3v) is 2.62. The van der Waals surface area contributed by atoms with Crippen molar-refractivity contribution in [2.45, 2.75) is 12.6 Å². The summed E-state index contributed by atoms with van der Waals surface area (Å²) in [6, 6.07) is 7.49. The Kier molecular flexibility index (Phi) is 4.79. The van der Waals surface area contributed by atoms with Crippen LogP contribution in [-0.2, 0) is 16.0 Å². The maximum absolute atomic E-state index is 11.8. The molecule has 0 saturated carbocycles. The SMILES string of the molecule is O=C(COCC(F)(F)F)NCCc1nc2ccccc2[nH]1. The second-order valence-corrected chi connectivity index (χ2v) is 4.41. The van der Waals surface area contributed by atoms with Crippen molar-refractivity contribution in [2.24, 2.45) is 0 Å². The van der Waals surface area contributed by atoms with Crippen LogP contribution in [0.1, 0.15) is 5.82 Å². The molecule has 8 heteroatoms. The first-order chi connectivity index (χ1) is 9.94. The predicted octanol–water partition coefficient (Wildman–Crippen LogP) is 1.80. The van der Waals surface area contributed by atoms with Crippen LogP contribution in [0.2, 0.25) is 0 Å². The number of halogens is 3. The Morgan fingerprint density at radius 2 is 2.10 bits per heavy atom. The summed E-state index contributed by atoms with van der Waals surface area (Å²) in [5, 5.41) is 2.47. The van der Waals surface area contributed by atoms with Gasteiger partial charge in [-0.3, -0.25) is 4.79 Å². The van der Waals surface area contributed by atoms with Crippen LogP contribution in [0.25, 0.3) is 11.0 Å². The van der Waals surface area contributed by atoms with E-state index >= 15 is 0 Å². The summed E-state index contributed by atoms with van der Waals surface area (Å²) in [5.41, 5.74) is 1.72. The molecule has 0 aliphatic carbocycles. The number of benzene rings is 1. The highest BCUT2D eigenvalue weighted by Gasteiger charge is 2.27. The summed E-state index contributed by atoms with van der Waals surface area (Å²) in [5.74, 6) is 0.114. The average molecular weight is 301 g/mol. The number of fused-ring (bicyclic) bond motifs is 1. The highest BCUT2D eigenvalue weighted by molar-refractivity contribution is 5.77. The molecule has 0 atom stereocenters. The number of rotatable bonds is 6. The molecule has 2 aromatic rings. The van der Waals surface area contributed by atoms with Gasteiger partial charge < -0.3 is 15.0 Å². The van der Waals surface area contributed by atoms with Gasteiger partial charge in [0.25, 0.3) is 0 Å². The Balaban J connectivity index is 1.70. The molecule has 5 nitrogen and oxygen atoms in total. The molecule has 0 unspecified atom stereocenters. The van der Waals surface area contributed by atoms with Gasteiger partial charge in [-0.25, -0.2) is 4.98 Å². The number of ether oxygens (including phenoxy) is 1. The molecule has 0 saturated heterocycles. The number of para-hydroxylation sites is 2. The standard InChI is InChI=1S/C13H14F3N3O2/c14-13(15,16)8-21-7-12(20)17-6-5-11-18-9-3-1-2-4-10(9)19-11/h1-4H,5-8H2,(H,17,20)(H,18,19). The van der Waals surface area contributed by atoms with E-state index in [-0.39, 0.29) is 6.54 Å². The molecule has 0 aliphatic heterocycles. The maximum Gasteiger partial charge on any atom is 0.411 e. The number of amides is 1. The van der Waals surface area contributed by atoms with Crippen molar-refractivity contribution in [3.8, 4) is 0 Å². The van der Waals surface area contributed by atoms with E-state index in [1.165, 1.54) is 0 Å². The number of aromatic nitrogens is 2. The van der Waals surface area contributed by atoms with Gasteiger partial charge in [0.2, 0.25) is 5.91 Å². The van der Waals surface area contributed by atoms with Gasteiger partial charge in [0.15, 0.2) is 0 Å². The molecule has 0 radical (unpaired) electrons. The monoisotopic (exact) mass is 301 g/mol. The Bertz CT molecular complexity index is 577. The number of carbonyl (C=O) groups excluding carboxylic acids is 1. The van der Waals surface area contributed by atoms with Crippen molar-refractivity contribution < 1.29 is 22.7 Å². The zero-order chi connectivity index (χ0) is 15.3. The average Bonchev–Trinajstić information content (AvgIpc) is 2.79. The number of alkyl halides is 3. The highest BCUT2D eigenvalue weighted by Crippen LogP contribution is 2.14. The lowest BCUT2D eigenvalue weighted by atomic mass is 10.3. The lowest BCUT2D eigenvalue weighted by molar-refractivity contribution is -0.175. The fourth-order valence-electron chi connectivity index (χ4n) is 1.75. The van der Waals surface area contributed by atoms with Gasteiger partial charge in [-0.2, -0.15) is 13.2 Å². The van der Waals surface area contributed by atoms with Gasteiger partial charge in [-0.05, 0) is 12.1 Å². The van der Waals surface area contributed by atoms with Crippen molar-refractivity contribution in [2.75, 3.05) is 19.8 Å². The Morgan fingerprint density at radius 1 is 1.33 bits per heavy atom. The molecule has 0 spiro atoms. The highest BCUT2D eigenvalue weighted by atomic mass is 19.4. The minimum atomic E-state index is -4.42. The van der Waals surface area contributed by atoms with Crippen molar-refractivity contribution in [3.63, 3.8) is 0 Å². The number of aromatic amines is 1. The Morgan fingerprint density at radius 3 is 2.81 bits per heavy atom. The minimum absolute atomic E-state index is 0.272. The zero-order valence-electron chi connectivity index (χ0n) is 11.0. The number of nitrogens with one attached hydrogen (secondary N) is 2. The van der Waals surface area contributed by atoms with Crippen LogP contribution in [0.3, 0.4) is 0 Å². The summed E-state index contributed by atoms with van der Waals surface area (Å²) in [4.78, 5) is 18.7. The first-order valence-electron chi connectivity index (χ1n) is 6.29. The van der Waals surface area contributed by atoms with Crippen LogP contribution in [0, 0.1) is 0 Å². The molecule has 2 N–H and O–H groups in total. The summed E-state index contributed by atoms with van der Waals surface area (Å²) in [6.45, 7) is -1.77. The minimum Gasteiger partial charge on any atom is -0.362 e. The summed E-state index contributed by atoms with van der Waals surface area (Å²) < 4.78 is 39.7. The summed E-state index contributed by atoms with van der Waals surface area (Å²) in [7, 11) is 0. The van der Waals surface area contributed by atoms with Crippen molar-refractivity contribution in [1.29, 1.82) is 0 Å². The van der Waals surface area contributed by atoms with Crippen LogP contribution in [0.5, 0.6) is 0 Å². The van der Waals surface area contributed by atoms with Gasteiger partial charge >= 0.3 is 6.18 Å². The molecule has 2 rings (SSSR count). The van der Waals surface area contributed by atoms with Crippen LogP contribution in [-0.4, -0.2) is 41.8 Å². The van der Waals surface area contributed by atoms with E-state index in [9.17, 15) is 18.0 Å². The lowest BCUT2D eigenvalue weighted by Crippen LogP contribution is -2.31. The number of H-pyrrole nitrogens is 1. The van der Waals surface area contributed by atoms with E-state index < -0.39 is 25.3 Å². The Labute approximate surface area is 118 Å². The van der Waals surface area contributed by atoms with Crippen molar-refractivity contribution in [3.05, 3.63) is 30.1 Å². The van der Waals surface area contributed by atoms with Gasteiger partial charge in [-0.15, -0.1) is 0 Å². The first-order valence-corrected chi connectivity index (χ1v) is 6.29. The molecule has 0 fully saturated rings. The van der Waals surface area contributed by atoms with E-state index in [4.69, 9.17) is 0 Å². The third kappa shape index (κ3) is 5.07. The van der Waals surface area contributed by atoms with Gasteiger partial charge in [0.1, 0.15) is 19.0 Å². The van der Waals surface area contributed by atoms with Crippen molar-refractivity contribution in [1.82, 2.24) is 15.3 Å². The molecule has 21 heavy (non-hydrogen) atoms. The predicted molar refractivity (Wildman–Crippen MR) is 69.7 cm³/mol. The number of imidazole rings is 1. The molecular formula is C13H14F3N3O2. The largest absolute Gasteiger partial charge is 0.411 e. The Hall–Kier alpha value is -2.09. The van der Waals surface area contributed by atoms with Crippen LogP contribution >= 0.6 is 0 Å².